The molecule has 0 aliphatic carbocycles. The molecule has 1 amide bonds. The van der Waals surface area contributed by atoms with Crippen LogP contribution in [0.25, 0.3) is 21.2 Å². The maximum atomic E-state index is 15.6. The molecule has 0 radical (unpaired) electrons. The molecule has 1 aliphatic heterocycles. The van der Waals surface area contributed by atoms with Gasteiger partial charge in [0.1, 0.15) is 34.2 Å². The van der Waals surface area contributed by atoms with Crippen molar-refractivity contribution in [2.75, 3.05) is 18.0 Å². The highest BCUT2D eigenvalue weighted by atomic mass is 35.5. The topological polar surface area (TPSA) is 122 Å². The molecule has 3 heterocycles. The first kappa shape index (κ1) is 23.0. The lowest BCUT2D eigenvalue weighted by atomic mass is 9.90. The number of hydrogen-bond donors (Lipinski definition) is 2. The molecule has 0 bridgehead atoms. The van der Waals surface area contributed by atoms with Gasteiger partial charge < -0.3 is 16.4 Å². The Morgan fingerprint density at radius 1 is 1.20 bits per heavy atom. The summed E-state index contributed by atoms with van der Waals surface area (Å²) in [5, 5.41) is 9.96. The van der Waals surface area contributed by atoms with Gasteiger partial charge in [0.25, 0.3) is 5.91 Å². The molecule has 11 heteroatoms. The van der Waals surface area contributed by atoms with Gasteiger partial charge in [-0.3, -0.25) is 9.78 Å². The Morgan fingerprint density at radius 3 is 2.66 bits per heavy atom. The lowest BCUT2D eigenvalue weighted by Gasteiger charge is -2.34. The van der Waals surface area contributed by atoms with Crippen molar-refractivity contribution >= 4 is 49.7 Å². The number of aromatic nitrogens is 2. The number of nitrogens with zero attached hydrogens (tertiary/aromatic N) is 4. The number of thiophene rings is 1. The van der Waals surface area contributed by atoms with Crippen molar-refractivity contribution in [2.45, 2.75) is 19.4 Å². The summed E-state index contributed by atoms with van der Waals surface area (Å²) >= 11 is 7.60. The molecular formula is C24H17ClF2N6OS. The molecule has 2 aromatic heterocycles. The summed E-state index contributed by atoms with van der Waals surface area (Å²) < 4.78 is 30.2. The van der Waals surface area contributed by atoms with Gasteiger partial charge in [-0.05, 0) is 36.6 Å². The number of nitriles is 1. The first-order valence-corrected chi connectivity index (χ1v) is 11.7. The number of benzene rings is 2. The van der Waals surface area contributed by atoms with E-state index in [-0.39, 0.29) is 48.2 Å². The average Bonchev–Trinajstić information content (AvgIpc) is 3.18. The van der Waals surface area contributed by atoms with Crippen LogP contribution < -0.4 is 11.5 Å². The number of anilines is 2. The summed E-state index contributed by atoms with van der Waals surface area (Å²) in [7, 11) is 0. The molecule has 7 nitrogen and oxygen atoms in total. The van der Waals surface area contributed by atoms with E-state index in [0.29, 0.717) is 24.2 Å². The quantitative estimate of drug-likeness (QED) is 0.396. The van der Waals surface area contributed by atoms with Crippen LogP contribution in [-0.2, 0) is 6.42 Å². The van der Waals surface area contributed by atoms with Crippen molar-refractivity contribution in [1.82, 2.24) is 14.9 Å². The highest BCUT2D eigenvalue weighted by molar-refractivity contribution is 7.23. The second-order valence-corrected chi connectivity index (χ2v) is 9.51. The molecule has 0 unspecified atom stereocenters. The zero-order valence-corrected chi connectivity index (χ0v) is 19.8. The third-order valence-electron chi connectivity index (χ3n) is 6.23. The fourth-order valence-electron chi connectivity index (χ4n) is 4.54. The molecule has 35 heavy (non-hydrogen) atoms. The standard InChI is InChI=1S/C24H17ClF2N6OS/c1-10(20-22(29)32-6-5-31-20)33-7-4-11-13(24(33)34)8-16(27)18(19(11)25)12-2-3-15(26)21-17(12)14(9-28)23(30)35-21/h2-3,5-6,8,10H,4,7,30H2,1H3,(H2,29,32)/t10-/m1/s1. The Bertz CT molecular complexity index is 1580. The third-order valence-corrected chi connectivity index (χ3v) is 7.68. The molecule has 176 valence electrons. The zero-order chi connectivity index (χ0) is 25.0. The normalized spacial score (nSPS) is 14.1. The maximum Gasteiger partial charge on any atom is 0.254 e. The first-order chi connectivity index (χ1) is 16.7. The molecule has 4 aromatic rings. The highest BCUT2D eigenvalue weighted by Gasteiger charge is 2.34. The fraction of sp³-hybridized carbons (Fsp3) is 0.167. The van der Waals surface area contributed by atoms with Gasteiger partial charge in [-0.1, -0.05) is 17.7 Å². The van der Waals surface area contributed by atoms with Crippen LogP contribution in [0.3, 0.4) is 0 Å². The van der Waals surface area contributed by atoms with Crippen LogP contribution in [0.15, 0.2) is 30.6 Å². The summed E-state index contributed by atoms with van der Waals surface area (Å²) in [4.78, 5) is 23.2. The van der Waals surface area contributed by atoms with Crippen molar-refractivity contribution in [3.63, 3.8) is 0 Å². The summed E-state index contributed by atoms with van der Waals surface area (Å²) in [5.74, 6) is -1.54. The molecule has 0 fully saturated rings. The highest BCUT2D eigenvalue weighted by Crippen LogP contribution is 2.45. The van der Waals surface area contributed by atoms with E-state index in [9.17, 15) is 14.4 Å². The van der Waals surface area contributed by atoms with E-state index in [2.05, 4.69) is 9.97 Å². The summed E-state index contributed by atoms with van der Waals surface area (Å²) in [5.41, 5.74) is 13.2. The van der Waals surface area contributed by atoms with E-state index in [1.807, 2.05) is 6.07 Å². The predicted molar refractivity (Wildman–Crippen MR) is 131 cm³/mol. The van der Waals surface area contributed by atoms with E-state index in [1.165, 1.54) is 24.5 Å². The number of halogens is 3. The van der Waals surface area contributed by atoms with Gasteiger partial charge in [0.05, 0.1) is 21.3 Å². The molecule has 0 saturated carbocycles. The number of rotatable bonds is 3. The Hall–Kier alpha value is -3.81. The van der Waals surface area contributed by atoms with Crippen LogP contribution in [0.1, 0.15) is 40.1 Å². The van der Waals surface area contributed by atoms with Crippen molar-refractivity contribution in [1.29, 1.82) is 5.26 Å². The van der Waals surface area contributed by atoms with Crippen molar-refractivity contribution in [3.8, 4) is 17.2 Å². The number of nitrogens with two attached hydrogens (primary N) is 2. The minimum Gasteiger partial charge on any atom is -0.389 e. The molecule has 1 aliphatic rings. The lowest BCUT2D eigenvalue weighted by Crippen LogP contribution is -2.40. The molecule has 2 aromatic carbocycles. The van der Waals surface area contributed by atoms with Gasteiger partial charge in [0.2, 0.25) is 0 Å². The number of hydrogen-bond acceptors (Lipinski definition) is 7. The molecule has 1 atom stereocenters. The Kier molecular flexibility index (Phi) is 5.54. The summed E-state index contributed by atoms with van der Waals surface area (Å²) in [6.07, 6.45) is 3.29. The first-order valence-electron chi connectivity index (χ1n) is 10.5. The molecule has 4 N–H and O–H groups in total. The predicted octanol–water partition coefficient (Wildman–Crippen LogP) is 5.09. The fourth-order valence-corrected chi connectivity index (χ4v) is 5.88. The monoisotopic (exact) mass is 510 g/mol. The third kappa shape index (κ3) is 3.47. The number of carbonyl (C=O) groups is 1. The van der Waals surface area contributed by atoms with E-state index >= 15 is 4.39 Å². The smallest absolute Gasteiger partial charge is 0.254 e. The van der Waals surface area contributed by atoms with Crippen molar-refractivity contribution in [3.05, 3.63) is 69.6 Å². The van der Waals surface area contributed by atoms with E-state index < -0.39 is 23.6 Å². The van der Waals surface area contributed by atoms with Crippen LogP contribution in [0.4, 0.5) is 19.6 Å². The number of nitrogen functional groups attached to an aromatic ring is 2. The van der Waals surface area contributed by atoms with Crippen LogP contribution >= 0.6 is 22.9 Å². The van der Waals surface area contributed by atoms with Crippen LogP contribution in [-0.4, -0.2) is 27.3 Å². The molecular weight excluding hydrogens is 494 g/mol. The summed E-state index contributed by atoms with van der Waals surface area (Å²) in [6.45, 7) is 2.07. The summed E-state index contributed by atoms with van der Waals surface area (Å²) in [6, 6.07) is 5.17. The number of fused-ring (bicyclic) bond motifs is 2. The number of carbonyl (C=O) groups excluding carboxylic acids is 1. The Labute approximate surface area is 207 Å². The SMILES string of the molecule is C[C@H](c1nccnc1N)N1CCc2c(cc(F)c(-c3ccc(F)c4sc(N)c(C#N)c34)c2Cl)C1=O. The second-order valence-electron chi connectivity index (χ2n) is 8.08. The number of amides is 1. The van der Waals surface area contributed by atoms with Gasteiger partial charge in [0.15, 0.2) is 0 Å². The zero-order valence-electron chi connectivity index (χ0n) is 18.3. The van der Waals surface area contributed by atoms with E-state index in [0.717, 1.165) is 17.4 Å². The van der Waals surface area contributed by atoms with E-state index in [4.69, 9.17) is 23.1 Å². The van der Waals surface area contributed by atoms with Gasteiger partial charge in [-0.2, -0.15) is 5.26 Å². The molecule has 0 saturated heterocycles. The maximum absolute atomic E-state index is 15.6. The lowest BCUT2D eigenvalue weighted by molar-refractivity contribution is 0.0669. The van der Waals surface area contributed by atoms with Gasteiger partial charge in [0, 0.05) is 35.5 Å². The van der Waals surface area contributed by atoms with Crippen LogP contribution in [0.2, 0.25) is 5.02 Å². The van der Waals surface area contributed by atoms with Crippen molar-refractivity contribution < 1.29 is 13.6 Å². The molecule has 5 rings (SSSR count). The Morgan fingerprint density at radius 2 is 1.94 bits per heavy atom. The minimum atomic E-state index is -0.766. The van der Waals surface area contributed by atoms with E-state index in [1.54, 1.807) is 11.8 Å². The van der Waals surface area contributed by atoms with Crippen LogP contribution in [0.5, 0.6) is 0 Å². The Balaban J connectivity index is 1.64. The molecule has 0 spiro atoms. The van der Waals surface area contributed by atoms with Gasteiger partial charge in [-0.15, -0.1) is 11.3 Å². The minimum absolute atomic E-state index is 0.00261. The largest absolute Gasteiger partial charge is 0.389 e. The van der Waals surface area contributed by atoms with Crippen LogP contribution in [0, 0.1) is 23.0 Å². The van der Waals surface area contributed by atoms with Gasteiger partial charge >= 0.3 is 0 Å². The van der Waals surface area contributed by atoms with Gasteiger partial charge in [-0.25, -0.2) is 13.8 Å². The van der Waals surface area contributed by atoms with Crippen molar-refractivity contribution in [2.24, 2.45) is 0 Å². The second kappa shape index (κ2) is 8.45. The average molecular weight is 511 g/mol.